The van der Waals surface area contributed by atoms with Crippen LogP contribution >= 0.6 is 34.0 Å². The molecule has 4 unspecified atom stereocenters. The average Bonchev–Trinajstić information content (AvgIpc) is 4.03. The molecule has 4 aliphatic rings. The third-order valence-electron chi connectivity index (χ3n) is 10.5. The fourth-order valence-corrected chi connectivity index (χ4v) is 10.8. The smallest absolute Gasteiger partial charge is 0.218 e. The maximum absolute atomic E-state index is 10.8. The van der Waals surface area contributed by atoms with E-state index in [2.05, 4.69) is 0 Å². The first-order valence-electron chi connectivity index (χ1n) is 21.2. The summed E-state index contributed by atoms with van der Waals surface area (Å²) in [7, 11) is 0. The number of hydrogen-bond acceptors (Lipinski definition) is 17. The van der Waals surface area contributed by atoms with Gasteiger partial charge in [0.15, 0.2) is 11.5 Å². The van der Waals surface area contributed by atoms with Crippen LogP contribution in [0.15, 0.2) is 0 Å². The molecule has 0 spiro atoms. The van der Waals surface area contributed by atoms with Gasteiger partial charge in [-0.15, -0.1) is 11.3 Å². The summed E-state index contributed by atoms with van der Waals surface area (Å²) in [6, 6.07) is 0. The Morgan fingerprint density at radius 3 is 1.14 bits per heavy atom. The molecule has 14 nitrogen and oxygen atoms in total. The van der Waals surface area contributed by atoms with Crippen LogP contribution in [0.5, 0.6) is 21.6 Å². The number of epoxide rings is 4. The van der Waals surface area contributed by atoms with Crippen LogP contribution in [0, 0.1) is 0 Å². The number of benzene rings is 1. The average molecular weight is 883 g/mol. The molecule has 328 valence electrons. The van der Waals surface area contributed by atoms with Crippen molar-refractivity contribution in [3.63, 3.8) is 0 Å². The van der Waals surface area contributed by atoms with Gasteiger partial charge in [-0.1, -0.05) is 22.7 Å². The van der Waals surface area contributed by atoms with Gasteiger partial charge in [0.1, 0.15) is 26.4 Å². The summed E-state index contributed by atoms with van der Waals surface area (Å²) in [6.07, 6.45) is 9.29. The summed E-state index contributed by atoms with van der Waals surface area (Å²) < 4.78 is 74.0. The van der Waals surface area contributed by atoms with Crippen molar-refractivity contribution in [2.45, 2.75) is 89.0 Å². The minimum absolute atomic E-state index is 0.210. The Bertz CT molecular complexity index is 1890. The summed E-state index contributed by atoms with van der Waals surface area (Å²) in [5, 5.41) is 25.1. The van der Waals surface area contributed by atoms with Gasteiger partial charge < -0.3 is 67.1 Å². The van der Waals surface area contributed by atoms with Crippen molar-refractivity contribution in [2.75, 3.05) is 106 Å². The molecular formula is C42H58O14S3. The van der Waals surface area contributed by atoms with Crippen LogP contribution in [0.2, 0.25) is 0 Å². The Balaban J connectivity index is 1.07. The van der Waals surface area contributed by atoms with E-state index in [9.17, 15) is 10.2 Å². The van der Waals surface area contributed by atoms with Gasteiger partial charge in [-0.2, -0.15) is 0 Å². The Kier molecular flexibility index (Phi) is 16.5. The Morgan fingerprint density at radius 1 is 0.424 bits per heavy atom. The molecule has 0 saturated carbocycles. The number of aliphatic hydroxyl groups is 2. The van der Waals surface area contributed by atoms with Crippen molar-refractivity contribution in [1.82, 2.24) is 0 Å². The van der Waals surface area contributed by atoms with Crippen LogP contribution in [-0.2, 0) is 51.1 Å². The topological polar surface area (TPSA) is 164 Å². The predicted octanol–water partition coefficient (Wildman–Crippen LogP) is 6.61. The number of rotatable bonds is 34. The second kappa shape index (κ2) is 22.3. The maximum Gasteiger partial charge on any atom is 0.218 e. The lowest BCUT2D eigenvalue weighted by atomic mass is 10.1. The van der Waals surface area contributed by atoms with E-state index >= 15 is 0 Å². The van der Waals surface area contributed by atoms with Gasteiger partial charge in [0.25, 0.3) is 0 Å². The van der Waals surface area contributed by atoms with Gasteiger partial charge in [-0.05, 0) is 51.4 Å². The predicted molar refractivity (Wildman–Crippen MR) is 226 cm³/mol. The molecule has 8 rings (SSSR count). The first-order valence-corrected chi connectivity index (χ1v) is 23.7. The van der Waals surface area contributed by atoms with Crippen molar-refractivity contribution in [3.8, 4) is 21.6 Å². The molecule has 4 aliphatic heterocycles. The molecule has 59 heavy (non-hydrogen) atoms. The second-order valence-electron chi connectivity index (χ2n) is 15.1. The van der Waals surface area contributed by atoms with Crippen LogP contribution in [0.1, 0.15) is 61.8 Å². The number of aliphatic hydroxyl groups excluding tert-OH is 2. The van der Waals surface area contributed by atoms with Crippen LogP contribution in [0.3, 0.4) is 0 Å². The van der Waals surface area contributed by atoms with Gasteiger partial charge in [0, 0.05) is 47.0 Å². The minimum Gasteiger partial charge on any atom is -0.486 e. The van der Waals surface area contributed by atoms with Gasteiger partial charge in [0.05, 0.1) is 111 Å². The molecule has 0 amide bonds. The molecule has 4 atom stereocenters. The summed E-state index contributed by atoms with van der Waals surface area (Å²) in [6.45, 7) is 8.45. The van der Waals surface area contributed by atoms with E-state index in [1.54, 1.807) is 0 Å². The molecule has 0 bridgehead atoms. The zero-order valence-corrected chi connectivity index (χ0v) is 36.2. The highest BCUT2D eigenvalue weighted by molar-refractivity contribution is 7.28. The minimum atomic E-state index is -0.242. The molecule has 2 N–H and O–H groups in total. The first kappa shape index (κ1) is 43.5. The monoisotopic (exact) mass is 882 g/mol. The summed E-state index contributed by atoms with van der Waals surface area (Å²) >= 11 is 4.43. The van der Waals surface area contributed by atoms with Crippen molar-refractivity contribution >= 4 is 64.3 Å². The fourth-order valence-electron chi connectivity index (χ4n) is 7.02. The molecule has 1 aromatic carbocycles. The van der Waals surface area contributed by atoms with E-state index in [1.807, 2.05) is 0 Å². The third-order valence-corrected chi connectivity index (χ3v) is 13.9. The molecule has 17 heteroatoms. The van der Waals surface area contributed by atoms with Crippen molar-refractivity contribution in [1.29, 1.82) is 0 Å². The molecular weight excluding hydrogens is 825 g/mol. The van der Waals surface area contributed by atoms with Crippen molar-refractivity contribution in [3.05, 3.63) is 10.4 Å². The SMILES string of the molecule is OCc1sc2c(c1CO)c1sc(OCCOCCCC3CO3)c(OCCOCCCC3CO3)c1c1sc(OCCOCCCC3CO3)c(OCCOCCCC3CO3)c21. The third kappa shape index (κ3) is 12.5. The van der Waals surface area contributed by atoms with E-state index in [0.29, 0.717) is 136 Å². The fraction of sp³-hybridized carbons (Fsp3) is 0.714. The van der Waals surface area contributed by atoms with Crippen LogP contribution in [-0.4, -0.2) is 140 Å². The summed E-state index contributed by atoms with van der Waals surface area (Å²) in [4.78, 5) is 0.692. The Labute approximate surface area is 356 Å². The molecule has 7 heterocycles. The highest BCUT2D eigenvalue weighted by atomic mass is 32.1. The molecule has 4 fully saturated rings. The largest absolute Gasteiger partial charge is 0.486 e. The number of fused-ring (bicyclic) bond motifs is 6. The zero-order chi connectivity index (χ0) is 40.2. The van der Waals surface area contributed by atoms with Crippen LogP contribution in [0.4, 0.5) is 0 Å². The van der Waals surface area contributed by atoms with Gasteiger partial charge in [-0.3, -0.25) is 0 Å². The van der Waals surface area contributed by atoms with E-state index in [-0.39, 0.29) is 13.2 Å². The lowest BCUT2D eigenvalue weighted by Crippen LogP contribution is -2.10. The van der Waals surface area contributed by atoms with E-state index in [0.717, 1.165) is 108 Å². The Morgan fingerprint density at radius 2 is 0.780 bits per heavy atom. The standard InChI is InChI=1S/C42H58O14S3/c43-21-31-32(22-44)57-38-33(31)39-35(37(50-18-14-46-10-2-6-28-24-54-28)41(58-39)51-19-15-47-11-3-7-29-25-55-29)40-34(38)36(49-17-13-45-9-1-5-27-23-53-27)42(59-40)52-20-16-48-12-4-8-30-26-56-30/h27-30,43-44H,1-26H2. The molecule has 0 radical (unpaired) electrons. The van der Waals surface area contributed by atoms with Crippen LogP contribution in [0.25, 0.3) is 30.3 Å². The zero-order valence-electron chi connectivity index (χ0n) is 33.7. The lowest BCUT2D eigenvalue weighted by molar-refractivity contribution is 0.0893. The van der Waals surface area contributed by atoms with Gasteiger partial charge in [0.2, 0.25) is 10.1 Å². The van der Waals surface area contributed by atoms with E-state index in [1.165, 1.54) is 34.0 Å². The molecule has 4 saturated heterocycles. The van der Waals surface area contributed by atoms with Crippen molar-refractivity contribution in [2.24, 2.45) is 0 Å². The highest BCUT2D eigenvalue weighted by Gasteiger charge is 2.31. The summed E-state index contributed by atoms with van der Waals surface area (Å²) in [5.74, 6) is 1.20. The normalized spacial score (nSPS) is 20.6. The highest BCUT2D eigenvalue weighted by Crippen LogP contribution is 2.59. The maximum atomic E-state index is 10.8. The van der Waals surface area contributed by atoms with E-state index < -0.39 is 0 Å². The number of thiophene rings is 3. The molecule has 3 aromatic heterocycles. The lowest BCUT2D eigenvalue weighted by Gasteiger charge is -2.11. The molecule has 4 aromatic rings. The van der Waals surface area contributed by atoms with Gasteiger partial charge >= 0.3 is 0 Å². The van der Waals surface area contributed by atoms with Crippen molar-refractivity contribution < 1.29 is 67.1 Å². The van der Waals surface area contributed by atoms with Crippen LogP contribution < -0.4 is 18.9 Å². The summed E-state index contributed by atoms with van der Waals surface area (Å²) in [5.41, 5.74) is 0.678. The Hall–Kier alpha value is -2.10. The number of hydrogen-bond donors (Lipinski definition) is 2. The quantitative estimate of drug-likeness (QED) is 0.0380. The molecule has 0 aliphatic carbocycles. The van der Waals surface area contributed by atoms with Gasteiger partial charge in [-0.25, -0.2) is 0 Å². The van der Waals surface area contributed by atoms with E-state index in [4.69, 9.17) is 56.8 Å². The second-order valence-corrected chi connectivity index (χ2v) is 18.2. The first-order chi connectivity index (χ1) is 29.2. The number of ether oxygens (including phenoxy) is 12.